The molecule has 0 bridgehead atoms. The van der Waals surface area contributed by atoms with E-state index in [1.165, 1.54) is 24.4 Å². The predicted octanol–water partition coefficient (Wildman–Crippen LogP) is 3.60. The smallest absolute Gasteiger partial charge is 0.372 e. The van der Waals surface area contributed by atoms with E-state index in [0.29, 0.717) is 0 Å². The Balaban J connectivity index is 2.89. The molecular weight excluding hydrogens is 240 g/mol. The highest BCUT2D eigenvalue weighted by molar-refractivity contribution is 6.81. The van der Waals surface area contributed by atoms with Crippen molar-refractivity contribution in [3.63, 3.8) is 0 Å². The van der Waals surface area contributed by atoms with Crippen LogP contribution in [0.25, 0.3) is 0 Å². The van der Waals surface area contributed by atoms with Crippen LogP contribution in [0.3, 0.4) is 0 Å². The topological polar surface area (TPSA) is 18.5 Å². The molecule has 0 radical (unpaired) electrons. The van der Waals surface area contributed by atoms with Crippen molar-refractivity contribution in [1.29, 1.82) is 0 Å². The lowest BCUT2D eigenvalue weighted by Crippen LogP contribution is -2.53. The van der Waals surface area contributed by atoms with Gasteiger partial charge in [-0.25, -0.2) is 0 Å². The summed E-state index contributed by atoms with van der Waals surface area (Å²) in [6.07, 6.45) is 3.68. The Bertz CT molecular complexity index is 308. The molecule has 0 aliphatic carbocycles. The maximum Gasteiger partial charge on any atom is 0.372 e. The fourth-order valence-electron chi connectivity index (χ4n) is 2.26. The Morgan fingerprint density at radius 3 is 2.00 bits per heavy atom. The third-order valence-electron chi connectivity index (χ3n) is 3.08. The van der Waals surface area contributed by atoms with Gasteiger partial charge in [-0.15, -0.1) is 0 Å². The van der Waals surface area contributed by atoms with E-state index in [1.807, 2.05) is 6.07 Å². The van der Waals surface area contributed by atoms with Crippen molar-refractivity contribution in [1.82, 2.24) is 0 Å². The van der Waals surface area contributed by atoms with E-state index in [1.54, 1.807) is 0 Å². The second kappa shape index (κ2) is 8.46. The van der Waals surface area contributed by atoms with Crippen LogP contribution in [0.15, 0.2) is 30.3 Å². The molecule has 18 heavy (non-hydrogen) atoms. The predicted molar refractivity (Wildman–Crippen MR) is 79.4 cm³/mol. The zero-order valence-electron chi connectivity index (χ0n) is 11.9. The van der Waals surface area contributed by atoms with Crippen molar-refractivity contribution in [3.8, 4) is 0 Å². The van der Waals surface area contributed by atoms with E-state index in [2.05, 4.69) is 45.0 Å². The lowest BCUT2D eigenvalue weighted by Gasteiger charge is -2.30. The number of rotatable bonds is 9. The number of hydrogen-bond acceptors (Lipinski definition) is 2. The summed E-state index contributed by atoms with van der Waals surface area (Å²) in [6, 6.07) is 11.6. The average Bonchev–Trinajstić information content (AvgIpc) is 2.40. The Hall–Kier alpha value is -0.643. The van der Waals surface area contributed by atoms with Gasteiger partial charge in [0.2, 0.25) is 0 Å². The first-order chi connectivity index (χ1) is 8.79. The van der Waals surface area contributed by atoms with E-state index in [4.69, 9.17) is 8.85 Å². The lowest BCUT2D eigenvalue weighted by molar-refractivity contribution is 0.195. The van der Waals surface area contributed by atoms with Crippen molar-refractivity contribution in [2.24, 2.45) is 0 Å². The molecule has 0 atom stereocenters. The maximum atomic E-state index is 6.12. The van der Waals surface area contributed by atoms with Crippen molar-refractivity contribution in [2.75, 3.05) is 13.2 Å². The summed E-state index contributed by atoms with van der Waals surface area (Å²) in [5, 5.41) is 1.27. The van der Waals surface area contributed by atoms with Gasteiger partial charge >= 0.3 is 8.56 Å². The van der Waals surface area contributed by atoms with Crippen LogP contribution >= 0.6 is 0 Å². The zero-order chi connectivity index (χ0) is 13.3. The molecule has 3 heteroatoms. The summed E-state index contributed by atoms with van der Waals surface area (Å²) in [4.78, 5) is 0. The van der Waals surface area contributed by atoms with Gasteiger partial charge in [-0.1, -0.05) is 56.5 Å². The normalized spacial score (nSPS) is 11.7. The largest absolute Gasteiger partial charge is 0.391 e. The van der Waals surface area contributed by atoms with Gasteiger partial charge in [0, 0.05) is 13.2 Å². The van der Waals surface area contributed by atoms with Gasteiger partial charge in [0.15, 0.2) is 0 Å². The quantitative estimate of drug-likeness (QED) is 0.502. The molecule has 0 fully saturated rings. The zero-order valence-corrected chi connectivity index (χ0v) is 12.9. The SMILES string of the molecule is CCCCC[Si](OCC)(OCC)c1ccccc1. The number of benzene rings is 1. The molecule has 0 amide bonds. The van der Waals surface area contributed by atoms with Gasteiger partial charge in [0.1, 0.15) is 0 Å². The van der Waals surface area contributed by atoms with E-state index in [-0.39, 0.29) is 0 Å². The van der Waals surface area contributed by atoms with Gasteiger partial charge in [-0.2, -0.15) is 0 Å². The van der Waals surface area contributed by atoms with Crippen LogP contribution < -0.4 is 5.19 Å². The lowest BCUT2D eigenvalue weighted by atomic mass is 10.3. The third kappa shape index (κ3) is 4.23. The average molecular weight is 266 g/mol. The highest BCUT2D eigenvalue weighted by atomic mass is 28.4. The maximum absolute atomic E-state index is 6.12. The molecule has 0 N–H and O–H groups in total. The third-order valence-corrected chi connectivity index (χ3v) is 6.81. The van der Waals surface area contributed by atoms with E-state index >= 15 is 0 Å². The van der Waals surface area contributed by atoms with Gasteiger partial charge < -0.3 is 8.85 Å². The minimum absolute atomic E-state index is 0.729. The van der Waals surface area contributed by atoms with Crippen molar-refractivity contribution < 1.29 is 8.85 Å². The standard InChI is InChI=1S/C15H26O2Si/c1-4-7-11-14-18(16-5-2,17-6-3)15-12-9-8-10-13-15/h8-10,12-13H,4-7,11,14H2,1-3H3. The van der Waals surface area contributed by atoms with Gasteiger partial charge in [0.05, 0.1) is 0 Å². The van der Waals surface area contributed by atoms with E-state index < -0.39 is 8.56 Å². The molecular formula is C15H26O2Si. The summed E-state index contributed by atoms with van der Waals surface area (Å²) in [6.45, 7) is 7.81. The summed E-state index contributed by atoms with van der Waals surface area (Å²) in [7, 11) is -2.21. The van der Waals surface area contributed by atoms with Gasteiger partial charge in [-0.05, 0) is 25.1 Å². The van der Waals surface area contributed by atoms with Crippen LogP contribution in [-0.4, -0.2) is 21.8 Å². The van der Waals surface area contributed by atoms with Crippen LogP contribution in [-0.2, 0) is 8.85 Å². The molecule has 0 aliphatic heterocycles. The van der Waals surface area contributed by atoms with E-state index in [9.17, 15) is 0 Å². The Morgan fingerprint density at radius 1 is 0.889 bits per heavy atom. The number of unbranched alkanes of at least 4 members (excludes halogenated alkanes) is 2. The first kappa shape index (κ1) is 15.4. The summed E-state index contributed by atoms with van der Waals surface area (Å²) in [5.41, 5.74) is 0. The van der Waals surface area contributed by atoms with Crippen molar-refractivity contribution >= 4 is 13.7 Å². The summed E-state index contributed by atoms with van der Waals surface area (Å²) >= 11 is 0. The van der Waals surface area contributed by atoms with Crippen LogP contribution in [0.2, 0.25) is 6.04 Å². The molecule has 0 saturated carbocycles. The molecule has 1 aromatic rings. The second-order valence-corrected chi connectivity index (χ2v) is 7.60. The molecule has 1 rings (SSSR count). The molecule has 0 aromatic heterocycles. The fourth-order valence-corrected chi connectivity index (χ4v) is 5.61. The molecule has 0 aliphatic rings. The highest BCUT2D eigenvalue weighted by Crippen LogP contribution is 2.18. The van der Waals surface area contributed by atoms with Crippen LogP contribution in [0, 0.1) is 0 Å². The molecule has 102 valence electrons. The minimum Gasteiger partial charge on any atom is -0.391 e. The Labute approximate surface area is 113 Å². The summed E-state index contributed by atoms with van der Waals surface area (Å²) in [5.74, 6) is 0. The Morgan fingerprint density at radius 2 is 1.50 bits per heavy atom. The summed E-state index contributed by atoms with van der Waals surface area (Å²) < 4.78 is 12.2. The minimum atomic E-state index is -2.21. The fraction of sp³-hybridized carbons (Fsp3) is 0.600. The Kier molecular flexibility index (Phi) is 7.24. The molecule has 0 unspecified atom stereocenters. The molecule has 0 spiro atoms. The van der Waals surface area contributed by atoms with E-state index in [0.717, 1.165) is 19.3 Å². The van der Waals surface area contributed by atoms with Gasteiger partial charge in [-0.3, -0.25) is 0 Å². The monoisotopic (exact) mass is 266 g/mol. The van der Waals surface area contributed by atoms with Crippen molar-refractivity contribution in [2.45, 2.75) is 46.1 Å². The first-order valence-electron chi connectivity index (χ1n) is 7.12. The molecule has 0 saturated heterocycles. The highest BCUT2D eigenvalue weighted by Gasteiger charge is 2.38. The second-order valence-electron chi connectivity index (χ2n) is 4.44. The van der Waals surface area contributed by atoms with Crippen molar-refractivity contribution in [3.05, 3.63) is 30.3 Å². The molecule has 2 nitrogen and oxygen atoms in total. The van der Waals surface area contributed by atoms with Crippen LogP contribution in [0.4, 0.5) is 0 Å². The van der Waals surface area contributed by atoms with Crippen LogP contribution in [0.5, 0.6) is 0 Å². The molecule has 0 heterocycles. The van der Waals surface area contributed by atoms with Crippen LogP contribution in [0.1, 0.15) is 40.0 Å². The van der Waals surface area contributed by atoms with Gasteiger partial charge in [0.25, 0.3) is 0 Å². The number of hydrogen-bond donors (Lipinski definition) is 0. The first-order valence-corrected chi connectivity index (χ1v) is 9.14. The molecule has 1 aromatic carbocycles.